The Morgan fingerprint density at radius 1 is 1.36 bits per heavy atom. The van der Waals surface area contributed by atoms with E-state index < -0.39 is 0 Å². The van der Waals surface area contributed by atoms with Gasteiger partial charge in [-0.2, -0.15) is 0 Å². The molecular formula is C16H18FN3O2. The van der Waals surface area contributed by atoms with Crippen molar-refractivity contribution in [2.45, 2.75) is 6.54 Å². The number of aromatic nitrogens is 1. The third kappa shape index (κ3) is 2.77. The van der Waals surface area contributed by atoms with Crippen molar-refractivity contribution >= 4 is 11.6 Å². The van der Waals surface area contributed by atoms with E-state index in [4.69, 9.17) is 4.74 Å². The van der Waals surface area contributed by atoms with E-state index in [2.05, 4.69) is 9.88 Å². The number of nitrogens with zero attached hydrogens (tertiary/aromatic N) is 2. The van der Waals surface area contributed by atoms with Crippen LogP contribution in [-0.2, 0) is 6.54 Å². The Labute approximate surface area is 128 Å². The molecule has 0 spiro atoms. The Bertz CT molecular complexity index is 696. The summed E-state index contributed by atoms with van der Waals surface area (Å²) >= 11 is 0. The van der Waals surface area contributed by atoms with Crippen LogP contribution in [0.3, 0.4) is 0 Å². The van der Waals surface area contributed by atoms with Gasteiger partial charge in [-0.1, -0.05) is 0 Å². The zero-order valence-electron chi connectivity index (χ0n) is 12.6. The summed E-state index contributed by atoms with van der Waals surface area (Å²) in [6.07, 6.45) is 0. The second-order valence-corrected chi connectivity index (χ2v) is 5.48. The van der Waals surface area contributed by atoms with Crippen LogP contribution >= 0.6 is 0 Å². The molecule has 1 aliphatic heterocycles. The van der Waals surface area contributed by atoms with Crippen LogP contribution in [-0.4, -0.2) is 43.0 Å². The molecule has 2 heterocycles. The number of carbonyl (C=O) groups excluding carboxylic acids is 1. The summed E-state index contributed by atoms with van der Waals surface area (Å²) in [5.74, 6) is 0.192. The molecule has 0 fully saturated rings. The number of aromatic amines is 1. The van der Waals surface area contributed by atoms with Gasteiger partial charge in [0.2, 0.25) is 0 Å². The molecule has 1 aliphatic rings. The third-order valence-electron chi connectivity index (χ3n) is 3.63. The molecule has 22 heavy (non-hydrogen) atoms. The highest BCUT2D eigenvalue weighted by molar-refractivity contribution is 5.92. The molecule has 5 nitrogen and oxygen atoms in total. The van der Waals surface area contributed by atoms with Gasteiger partial charge in [0.05, 0.1) is 18.8 Å². The number of amides is 1. The summed E-state index contributed by atoms with van der Waals surface area (Å²) in [5.41, 5.74) is 2.36. The van der Waals surface area contributed by atoms with Gasteiger partial charge in [-0.05, 0) is 24.3 Å². The van der Waals surface area contributed by atoms with Crippen LogP contribution in [0, 0.1) is 5.82 Å². The lowest BCUT2D eigenvalue weighted by Crippen LogP contribution is -2.32. The van der Waals surface area contributed by atoms with Crippen LogP contribution in [0.4, 0.5) is 10.1 Å². The quantitative estimate of drug-likeness (QED) is 0.946. The molecule has 3 rings (SSSR count). The number of fused-ring (bicyclic) bond motifs is 1. The molecule has 0 bridgehead atoms. The molecule has 116 valence electrons. The average Bonchev–Trinajstić information content (AvgIpc) is 2.94. The zero-order valence-corrected chi connectivity index (χ0v) is 12.6. The predicted octanol–water partition coefficient (Wildman–Crippen LogP) is 2.25. The van der Waals surface area contributed by atoms with Gasteiger partial charge in [0, 0.05) is 25.9 Å². The fourth-order valence-corrected chi connectivity index (χ4v) is 2.52. The number of nitrogens with one attached hydrogen (secondary N) is 1. The molecule has 1 amide bonds. The normalized spacial score (nSPS) is 13.5. The first-order chi connectivity index (χ1) is 10.5. The van der Waals surface area contributed by atoms with E-state index in [1.165, 1.54) is 17.0 Å². The first-order valence-electron chi connectivity index (χ1n) is 7.11. The van der Waals surface area contributed by atoms with E-state index in [0.29, 0.717) is 31.1 Å². The SMILES string of the molecule is CN(C)C(=O)c1ccc(CN2CCOc3cc(F)ccc32)[nH]1. The summed E-state index contributed by atoms with van der Waals surface area (Å²) in [7, 11) is 3.44. The Morgan fingerprint density at radius 3 is 2.95 bits per heavy atom. The minimum Gasteiger partial charge on any atom is -0.489 e. The van der Waals surface area contributed by atoms with E-state index >= 15 is 0 Å². The van der Waals surface area contributed by atoms with Crippen molar-refractivity contribution in [3.63, 3.8) is 0 Å². The largest absolute Gasteiger partial charge is 0.489 e. The fraction of sp³-hybridized carbons (Fsp3) is 0.312. The predicted molar refractivity (Wildman–Crippen MR) is 81.8 cm³/mol. The van der Waals surface area contributed by atoms with Crippen molar-refractivity contribution in [3.8, 4) is 5.75 Å². The number of hydrogen-bond donors (Lipinski definition) is 1. The van der Waals surface area contributed by atoms with E-state index in [0.717, 1.165) is 11.4 Å². The Morgan fingerprint density at radius 2 is 2.18 bits per heavy atom. The number of anilines is 1. The number of hydrogen-bond acceptors (Lipinski definition) is 3. The van der Waals surface area contributed by atoms with Crippen LogP contribution in [0.2, 0.25) is 0 Å². The lowest BCUT2D eigenvalue weighted by Gasteiger charge is -2.30. The van der Waals surface area contributed by atoms with Crippen LogP contribution in [0.25, 0.3) is 0 Å². The van der Waals surface area contributed by atoms with Crippen LogP contribution < -0.4 is 9.64 Å². The number of carbonyl (C=O) groups is 1. The first-order valence-corrected chi connectivity index (χ1v) is 7.11. The smallest absolute Gasteiger partial charge is 0.269 e. The zero-order chi connectivity index (χ0) is 15.7. The van der Waals surface area contributed by atoms with Gasteiger partial charge in [-0.25, -0.2) is 4.39 Å². The van der Waals surface area contributed by atoms with E-state index in [-0.39, 0.29) is 11.7 Å². The van der Waals surface area contributed by atoms with Crippen LogP contribution in [0.5, 0.6) is 5.75 Å². The van der Waals surface area contributed by atoms with E-state index in [9.17, 15) is 9.18 Å². The van der Waals surface area contributed by atoms with Gasteiger partial charge in [0.15, 0.2) is 0 Å². The third-order valence-corrected chi connectivity index (χ3v) is 3.63. The molecule has 1 aromatic heterocycles. The highest BCUT2D eigenvalue weighted by Gasteiger charge is 2.20. The molecule has 0 radical (unpaired) electrons. The number of rotatable bonds is 3. The summed E-state index contributed by atoms with van der Waals surface area (Å²) in [4.78, 5) is 18.7. The van der Waals surface area contributed by atoms with Crippen molar-refractivity contribution < 1.29 is 13.9 Å². The summed E-state index contributed by atoms with van der Waals surface area (Å²) in [6.45, 7) is 1.85. The van der Waals surface area contributed by atoms with Gasteiger partial charge in [0.25, 0.3) is 5.91 Å². The van der Waals surface area contributed by atoms with Crippen molar-refractivity contribution in [3.05, 3.63) is 47.5 Å². The minimum atomic E-state index is -0.306. The first kappa shape index (κ1) is 14.4. The fourth-order valence-electron chi connectivity index (χ4n) is 2.52. The van der Waals surface area contributed by atoms with Gasteiger partial charge >= 0.3 is 0 Å². The van der Waals surface area contributed by atoms with Gasteiger partial charge in [-0.15, -0.1) is 0 Å². The Kier molecular flexibility index (Phi) is 3.75. The number of H-pyrrole nitrogens is 1. The molecule has 6 heteroatoms. The van der Waals surface area contributed by atoms with Crippen molar-refractivity contribution in [1.29, 1.82) is 0 Å². The van der Waals surface area contributed by atoms with Crippen LogP contribution in [0.1, 0.15) is 16.2 Å². The van der Waals surface area contributed by atoms with Crippen molar-refractivity contribution in [2.24, 2.45) is 0 Å². The number of halogens is 1. The second-order valence-electron chi connectivity index (χ2n) is 5.48. The maximum atomic E-state index is 13.3. The molecule has 1 N–H and O–H groups in total. The van der Waals surface area contributed by atoms with E-state index in [1.54, 1.807) is 26.2 Å². The minimum absolute atomic E-state index is 0.0595. The molecule has 0 saturated carbocycles. The Balaban J connectivity index is 1.79. The second kappa shape index (κ2) is 5.71. The monoisotopic (exact) mass is 303 g/mol. The van der Waals surface area contributed by atoms with Crippen molar-refractivity contribution in [1.82, 2.24) is 9.88 Å². The highest BCUT2D eigenvalue weighted by Crippen LogP contribution is 2.32. The molecule has 0 unspecified atom stereocenters. The molecule has 0 saturated heterocycles. The van der Waals surface area contributed by atoms with Gasteiger partial charge in [0.1, 0.15) is 23.9 Å². The standard InChI is InChI=1S/C16H18FN3O2/c1-19(2)16(21)13-5-4-12(18-13)10-20-7-8-22-15-9-11(17)3-6-14(15)20/h3-6,9,18H,7-8,10H2,1-2H3. The maximum Gasteiger partial charge on any atom is 0.269 e. The molecule has 1 aromatic carbocycles. The van der Waals surface area contributed by atoms with Crippen molar-refractivity contribution in [2.75, 3.05) is 32.1 Å². The maximum absolute atomic E-state index is 13.3. The van der Waals surface area contributed by atoms with E-state index in [1.807, 2.05) is 6.07 Å². The average molecular weight is 303 g/mol. The molecule has 0 atom stereocenters. The summed E-state index contributed by atoms with van der Waals surface area (Å²) < 4.78 is 18.8. The van der Waals surface area contributed by atoms with Gasteiger partial charge < -0.3 is 19.5 Å². The Hall–Kier alpha value is -2.50. The number of ether oxygens (including phenoxy) is 1. The summed E-state index contributed by atoms with van der Waals surface area (Å²) in [6, 6.07) is 8.23. The molecule has 2 aromatic rings. The van der Waals surface area contributed by atoms with Crippen LogP contribution in [0.15, 0.2) is 30.3 Å². The highest BCUT2D eigenvalue weighted by atomic mass is 19.1. The number of benzene rings is 1. The topological polar surface area (TPSA) is 48.6 Å². The summed E-state index contributed by atoms with van der Waals surface area (Å²) in [5, 5.41) is 0. The molecule has 0 aliphatic carbocycles. The lowest BCUT2D eigenvalue weighted by atomic mass is 10.2. The molecular weight excluding hydrogens is 285 g/mol. The lowest BCUT2D eigenvalue weighted by molar-refractivity contribution is 0.0822. The van der Waals surface area contributed by atoms with Gasteiger partial charge in [-0.3, -0.25) is 4.79 Å².